The fourth-order valence-electron chi connectivity index (χ4n) is 3.15. The third-order valence-electron chi connectivity index (χ3n) is 4.87. The van der Waals surface area contributed by atoms with E-state index in [1.807, 2.05) is 0 Å². The van der Waals surface area contributed by atoms with Gasteiger partial charge in [0.2, 0.25) is 11.8 Å². The van der Waals surface area contributed by atoms with E-state index in [9.17, 15) is 27.2 Å². The summed E-state index contributed by atoms with van der Waals surface area (Å²) < 4.78 is 52.0. The molecule has 5 nitrogen and oxygen atoms in total. The Morgan fingerprint density at radius 2 is 1.88 bits per heavy atom. The second-order valence-electron chi connectivity index (χ2n) is 7.36. The van der Waals surface area contributed by atoms with Gasteiger partial charge in [-0.1, -0.05) is 23.4 Å². The topological polar surface area (TPSA) is 61.8 Å². The van der Waals surface area contributed by atoms with Crippen molar-refractivity contribution in [2.24, 2.45) is 4.99 Å². The van der Waals surface area contributed by atoms with E-state index < -0.39 is 28.7 Å². The van der Waals surface area contributed by atoms with Gasteiger partial charge in [0.05, 0.1) is 22.0 Å². The fourth-order valence-corrected chi connectivity index (χ4v) is 4.53. The molecule has 0 unspecified atom stereocenters. The number of hydrogen-bond donors (Lipinski definition) is 1. The van der Waals surface area contributed by atoms with Crippen LogP contribution in [0, 0.1) is 5.82 Å². The van der Waals surface area contributed by atoms with Crippen molar-refractivity contribution < 1.29 is 27.2 Å². The Balaban J connectivity index is 1.49. The Kier molecular flexibility index (Phi) is 6.17. The van der Waals surface area contributed by atoms with Crippen LogP contribution in [0.3, 0.4) is 0 Å². The number of anilines is 1. The molecule has 168 valence electrons. The monoisotopic (exact) mass is 485 g/mol. The molecule has 1 heterocycles. The molecule has 0 spiro atoms. The average Bonchev–Trinajstić information content (AvgIpc) is 3.50. The van der Waals surface area contributed by atoms with Crippen molar-refractivity contribution >= 4 is 51.7 Å². The minimum absolute atomic E-state index is 0.000158. The third-order valence-corrected chi connectivity index (χ3v) is 6.35. The first kappa shape index (κ1) is 22.6. The van der Waals surface area contributed by atoms with Gasteiger partial charge in [-0.3, -0.25) is 14.5 Å². The van der Waals surface area contributed by atoms with E-state index in [0.29, 0.717) is 10.9 Å². The zero-order valence-corrected chi connectivity index (χ0v) is 17.9. The molecule has 11 heteroatoms. The zero-order valence-electron chi connectivity index (χ0n) is 16.3. The van der Waals surface area contributed by atoms with Gasteiger partial charge in [0.25, 0.3) is 0 Å². The Morgan fingerprint density at radius 1 is 1.19 bits per heavy atom. The maximum atomic E-state index is 13.1. The largest absolute Gasteiger partial charge is 0.416 e. The minimum atomic E-state index is -4.59. The normalized spacial score (nSPS) is 20.2. The molecule has 0 radical (unpaired) electrons. The van der Waals surface area contributed by atoms with Crippen LogP contribution in [0.5, 0.6) is 0 Å². The van der Waals surface area contributed by atoms with E-state index in [0.717, 1.165) is 42.8 Å². The molecular formula is C21H16ClF4N3O2S. The van der Waals surface area contributed by atoms with Crippen LogP contribution in [0.1, 0.15) is 24.8 Å². The van der Waals surface area contributed by atoms with E-state index in [-0.39, 0.29) is 29.1 Å². The summed E-state index contributed by atoms with van der Waals surface area (Å²) in [4.78, 5) is 31.4. The molecule has 2 aromatic carbocycles. The predicted octanol–water partition coefficient (Wildman–Crippen LogP) is 5.62. The summed E-state index contributed by atoms with van der Waals surface area (Å²) in [5, 5.41) is 1.96. The molecule has 1 aliphatic carbocycles. The summed E-state index contributed by atoms with van der Waals surface area (Å²) in [6.45, 7) is 0. The van der Waals surface area contributed by atoms with E-state index in [1.54, 1.807) is 4.90 Å². The first-order valence-corrected chi connectivity index (χ1v) is 10.9. The van der Waals surface area contributed by atoms with Crippen molar-refractivity contribution in [1.29, 1.82) is 0 Å². The molecule has 2 aromatic rings. The maximum absolute atomic E-state index is 13.1. The van der Waals surface area contributed by atoms with E-state index in [4.69, 9.17) is 11.6 Å². The van der Waals surface area contributed by atoms with Crippen LogP contribution in [-0.2, 0) is 15.8 Å². The summed E-state index contributed by atoms with van der Waals surface area (Å²) in [5.74, 6) is -1.34. The molecular weight excluding hydrogens is 470 g/mol. The highest BCUT2D eigenvalue weighted by molar-refractivity contribution is 8.15. The number of benzene rings is 2. The van der Waals surface area contributed by atoms with Crippen LogP contribution in [-0.4, -0.2) is 33.2 Å². The number of rotatable bonds is 5. The average molecular weight is 486 g/mol. The van der Waals surface area contributed by atoms with Crippen molar-refractivity contribution in [1.82, 2.24) is 4.90 Å². The van der Waals surface area contributed by atoms with Crippen molar-refractivity contribution in [2.45, 2.75) is 36.7 Å². The smallest absolute Gasteiger partial charge is 0.325 e. The van der Waals surface area contributed by atoms with Crippen LogP contribution in [0.4, 0.5) is 28.9 Å². The number of carbonyl (C=O) groups excluding carboxylic acids is 2. The lowest BCUT2D eigenvalue weighted by atomic mass is 10.2. The SMILES string of the molecule is O=C(C[C@H]1SC(=Nc2ccc(F)cc2)N(C2CC2)C1=O)Nc1cc(C(F)(F)F)ccc1Cl. The highest BCUT2D eigenvalue weighted by Crippen LogP contribution is 2.40. The van der Waals surface area contributed by atoms with Gasteiger partial charge in [0.15, 0.2) is 5.17 Å². The molecule has 32 heavy (non-hydrogen) atoms. The summed E-state index contributed by atoms with van der Waals surface area (Å²) in [6, 6.07) is 8.10. The second-order valence-corrected chi connectivity index (χ2v) is 8.94. The number of nitrogens with zero attached hydrogens (tertiary/aromatic N) is 2. The quantitative estimate of drug-likeness (QED) is 0.559. The number of carbonyl (C=O) groups is 2. The van der Waals surface area contributed by atoms with Crippen molar-refractivity contribution in [3.8, 4) is 0 Å². The molecule has 1 N–H and O–H groups in total. The van der Waals surface area contributed by atoms with Gasteiger partial charge in [-0.25, -0.2) is 9.38 Å². The molecule has 1 aliphatic heterocycles. The first-order valence-electron chi connectivity index (χ1n) is 9.62. The number of hydrogen-bond acceptors (Lipinski definition) is 4. The molecule has 4 rings (SSSR count). The van der Waals surface area contributed by atoms with Gasteiger partial charge in [-0.2, -0.15) is 13.2 Å². The van der Waals surface area contributed by atoms with Gasteiger partial charge in [-0.15, -0.1) is 0 Å². The second kappa shape index (κ2) is 8.74. The summed E-state index contributed by atoms with van der Waals surface area (Å²) in [6.07, 6.45) is -3.22. The van der Waals surface area contributed by atoms with E-state index in [2.05, 4.69) is 10.3 Å². The van der Waals surface area contributed by atoms with Crippen LogP contribution < -0.4 is 5.32 Å². The zero-order chi connectivity index (χ0) is 23.0. The molecule has 1 saturated heterocycles. The van der Waals surface area contributed by atoms with E-state index in [1.165, 1.54) is 24.3 Å². The molecule has 2 aliphatic rings. The maximum Gasteiger partial charge on any atom is 0.416 e. The number of amidine groups is 1. The van der Waals surface area contributed by atoms with Gasteiger partial charge >= 0.3 is 6.18 Å². The lowest BCUT2D eigenvalue weighted by Gasteiger charge is -2.15. The van der Waals surface area contributed by atoms with Gasteiger partial charge in [0, 0.05) is 12.5 Å². The standard InChI is InChI=1S/C21H16ClF4N3O2S/c22-15-8-1-11(21(24,25)26)9-16(15)28-18(30)10-17-19(31)29(14-6-7-14)20(32-17)27-13-4-2-12(23)3-5-13/h1-5,8-9,14,17H,6-7,10H2,(H,28,30)/t17-/m1/s1. The number of alkyl halides is 3. The number of thioether (sulfide) groups is 1. The van der Waals surface area contributed by atoms with Crippen LogP contribution >= 0.6 is 23.4 Å². The summed E-state index contributed by atoms with van der Waals surface area (Å²) in [7, 11) is 0. The number of amides is 2. The molecule has 0 aromatic heterocycles. The Hall–Kier alpha value is -2.59. The highest BCUT2D eigenvalue weighted by Gasteiger charge is 2.46. The summed E-state index contributed by atoms with van der Waals surface area (Å²) >= 11 is 7.03. The molecule has 2 fully saturated rings. The molecule has 1 saturated carbocycles. The summed E-state index contributed by atoms with van der Waals surface area (Å²) in [5.41, 5.74) is -0.661. The Bertz CT molecular complexity index is 1090. The number of halogens is 5. The van der Waals surface area contributed by atoms with E-state index >= 15 is 0 Å². The van der Waals surface area contributed by atoms with Crippen molar-refractivity contribution in [3.05, 3.63) is 58.9 Å². The van der Waals surface area contributed by atoms with Crippen LogP contribution in [0.25, 0.3) is 0 Å². The molecule has 2 amide bonds. The first-order chi connectivity index (χ1) is 15.1. The van der Waals surface area contributed by atoms with Gasteiger partial charge < -0.3 is 5.32 Å². The van der Waals surface area contributed by atoms with Gasteiger partial charge in [-0.05, 0) is 55.3 Å². The minimum Gasteiger partial charge on any atom is -0.325 e. The number of aliphatic imine (C=N–C) groups is 1. The number of nitrogens with one attached hydrogen (secondary N) is 1. The van der Waals surface area contributed by atoms with Crippen LogP contribution in [0.2, 0.25) is 5.02 Å². The lowest BCUT2D eigenvalue weighted by Crippen LogP contribution is -2.35. The van der Waals surface area contributed by atoms with Gasteiger partial charge in [0.1, 0.15) is 11.1 Å². The lowest BCUT2D eigenvalue weighted by molar-refractivity contribution is -0.137. The Morgan fingerprint density at radius 3 is 2.50 bits per heavy atom. The predicted molar refractivity (Wildman–Crippen MR) is 114 cm³/mol. The van der Waals surface area contributed by atoms with Crippen LogP contribution in [0.15, 0.2) is 47.5 Å². The third kappa shape index (κ3) is 5.07. The van der Waals surface area contributed by atoms with Crippen molar-refractivity contribution in [3.63, 3.8) is 0 Å². The molecule has 1 atom stereocenters. The highest BCUT2D eigenvalue weighted by atomic mass is 35.5. The van der Waals surface area contributed by atoms with Crippen molar-refractivity contribution in [2.75, 3.05) is 5.32 Å². The fraction of sp³-hybridized carbons (Fsp3) is 0.286. The Labute approximate surface area is 189 Å². The molecule has 0 bridgehead atoms.